The Bertz CT molecular complexity index is 1110. The van der Waals surface area contributed by atoms with Crippen LogP contribution in [-0.2, 0) is 17.6 Å². The Hall–Kier alpha value is -2.64. The number of aliphatic hydroxyl groups is 1. The van der Waals surface area contributed by atoms with Gasteiger partial charge < -0.3 is 10.1 Å². The summed E-state index contributed by atoms with van der Waals surface area (Å²) in [6, 6.07) is 12.5. The van der Waals surface area contributed by atoms with E-state index in [1.165, 1.54) is 28.2 Å². The number of rotatable bonds is 8. The fourth-order valence-corrected chi connectivity index (χ4v) is 4.73. The first-order valence-electron chi connectivity index (χ1n) is 10.4. The molecular formula is C24H26ClN3O3. The fraction of sp³-hybridized carbons (Fsp3) is 0.292. The number of carbonyl (C=O) groups excluding carboxylic acids is 1. The highest BCUT2D eigenvalue weighted by molar-refractivity contribution is 6.32. The number of fused-ring (bicyclic) bond motifs is 2. The van der Waals surface area contributed by atoms with Gasteiger partial charge in [0.2, 0.25) is 0 Å². The standard InChI is InChI=1S/C24H26ClN3O3/c25-21-14-20-16(13-17(21)6-8-24(30)27-31)5-7-23(20)28(11-12-29)10-9-18-15-26-22-4-2-1-3-19(18)22/h1-4,6,8,13-15,23,26,29,31H,5,7,9-12H2,(H,27,30)/b8-6+. The lowest BCUT2D eigenvalue weighted by atomic mass is 10.0. The van der Waals surface area contributed by atoms with Crippen LogP contribution in [0.1, 0.15) is 34.7 Å². The molecule has 1 aliphatic rings. The third-order valence-electron chi connectivity index (χ3n) is 6.00. The minimum Gasteiger partial charge on any atom is -0.395 e. The van der Waals surface area contributed by atoms with Crippen molar-refractivity contribution in [2.45, 2.75) is 25.3 Å². The molecule has 1 aliphatic carbocycles. The molecule has 162 valence electrons. The zero-order valence-corrected chi connectivity index (χ0v) is 17.9. The van der Waals surface area contributed by atoms with Gasteiger partial charge >= 0.3 is 0 Å². The summed E-state index contributed by atoms with van der Waals surface area (Å²) in [5, 5.41) is 20.1. The van der Waals surface area contributed by atoms with Crippen molar-refractivity contribution < 1.29 is 15.1 Å². The van der Waals surface area contributed by atoms with Crippen LogP contribution in [0.3, 0.4) is 0 Å². The molecule has 0 aliphatic heterocycles. The summed E-state index contributed by atoms with van der Waals surface area (Å²) >= 11 is 6.49. The average molecular weight is 440 g/mol. The number of hydroxylamine groups is 1. The highest BCUT2D eigenvalue weighted by atomic mass is 35.5. The second-order valence-corrected chi connectivity index (χ2v) is 8.21. The highest BCUT2D eigenvalue weighted by Crippen LogP contribution is 2.39. The fourth-order valence-electron chi connectivity index (χ4n) is 4.49. The number of aliphatic hydroxyl groups excluding tert-OH is 1. The van der Waals surface area contributed by atoms with Crippen molar-refractivity contribution in [3.05, 3.63) is 75.9 Å². The Morgan fingerprint density at radius 3 is 2.94 bits per heavy atom. The molecule has 0 bridgehead atoms. The Balaban J connectivity index is 1.53. The van der Waals surface area contributed by atoms with E-state index in [1.807, 2.05) is 18.2 Å². The van der Waals surface area contributed by atoms with Gasteiger partial charge in [-0.3, -0.25) is 14.9 Å². The number of halogens is 1. The number of aryl methyl sites for hydroxylation is 1. The predicted molar refractivity (Wildman–Crippen MR) is 122 cm³/mol. The normalized spacial score (nSPS) is 15.8. The first-order valence-corrected chi connectivity index (χ1v) is 10.8. The average Bonchev–Trinajstić information content (AvgIpc) is 3.38. The molecule has 1 heterocycles. The molecular weight excluding hydrogens is 414 g/mol. The van der Waals surface area contributed by atoms with Crippen molar-refractivity contribution in [1.29, 1.82) is 0 Å². The van der Waals surface area contributed by atoms with Crippen molar-refractivity contribution >= 4 is 34.5 Å². The van der Waals surface area contributed by atoms with E-state index in [1.54, 1.807) is 11.6 Å². The molecule has 3 aromatic rings. The van der Waals surface area contributed by atoms with Crippen LogP contribution in [0, 0.1) is 0 Å². The van der Waals surface area contributed by atoms with Crippen LogP contribution in [-0.4, -0.2) is 45.8 Å². The summed E-state index contributed by atoms with van der Waals surface area (Å²) in [5.41, 5.74) is 7.12. The van der Waals surface area contributed by atoms with Crippen molar-refractivity contribution in [3.8, 4) is 0 Å². The molecule has 0 spiro atoms. The summed E-state index contributed by atoms with van der Waals surface area (Å²) in [4.78, 5) is 16.9. The lowest BCUT2D eigenvalue weighted by molar-refractivity contribution is -0.124. The summed E-state index contributed by atoms with van der Waals surface area (Å²) in [7, 11) is 0. The number of nitrogens with zero attached hydrogens (tertiary/aromatic N) is 1. The second kappa shape index (κ2) is 9.66. The zero-order valence-electron chi connectivity index (χ0n) is 17.1. The second-order valence-electron chi connectivity index (χ2n) is 7.81. The Kier molecular flexibility index (Phi) is 6.73. The smallest absolute Gasteiger partial charge is 0.267 e. The molecule has 6 nitrogen and oxygen atoms in total. The number of benzene rings is 2. The van der Waals surface area contributed by atoms with E-state index in [4.69, 9.17) is 16.8 Å². The van der Waals surface area contributed by atoms with Gasteiger partial charge in [-0.25, -0.2) is 5.48 Å². The lowest BCUT2D eigenvalue weighted by Gasteiger charge is -2.29. The van der Waals surface area contributed by atoms with E-state index in [-0.39, 0.29) is 12.6 Å². The largest absolute Gasteiger partial charge is 0.395 e. The molecule has 0 radical (unpaired) electrons. The number of amides is 1. The minimum atomic E-state index is -0.596. The third-order valence-corrected chi connectivity index (χ3v) is 6.33. The monoisotopic (exact) mass is 439 g/mol. The Morgan fingerprint density at radius 2 is 2.13 bits per heavy atom. The van der Waals surface area contributed by atoms with Gasteiger partial charge in [0.25, 0.3) is 5.91 Å². The van der Waals surface area contributed by atoms with Crippen molar-refractivity contribution in [1.82, 2.24) is 15.4 Å². The third kappa shape index (κ3) is 4.67. The van der Waals surface area contributed by atoms with Gasteiger partial charge in [0.1, 0.15) is 0 Å². The van der Waals surface area contributed by atoms with Crippen LogP contribution in [0.25, 0.3) is 17.0 Å². The minimum absolute atomic E-state index is 0.102. The lowest BCUT2D eigenvalue weighted by Crippen LogP contribution is -2.32. The van der Waals surface area contributed by atoms with Gasteiger partial charge in [-0.05, 0) is 65.8 Å². The van der Waals surface area contributed by atoms with Gasteiger partial charge in [-0.15, -0.1) is 0 Å². The van der Waals surface area contributed by atoms with Crippen molar-refractivity contribution in [2.24, 2.45) is 0 Å². The number of nitrogens with one attached hydrogen (secondary N) is 2. The summed E-state index contributed by atoms with van der Waals surface area (Å²) in [5.74, 6) is -0.596. The number of H-pyrrole nitrogens is 1. The Morgan fingerprint density at radius 1 is 1.29 bits per heavy atom. The molecule has 0 fully saturated rings. The van der Waals surface area contributed by atoms with Crippen molar-refractivity contribution in [2.75, 3.05) is 19.7 Å². The number of hydrogen-bond donors (Lipinski definition) is 4. The molecule has 1 atom stereocenters. The number of hydrogen-bond acceptors (Lipinski definition) is 4. The maximum Gasteiger partial charge on any atom is 0.267 e. The topological polar surface area (TPSA) is 88.6 Å². The molecule has 31 heavy (non-hydrogen) atoms. The molecule has 4 rings (SSSR count). The van der Waals surface area contributed by atoms with Crippen LogP contribution in [0.5, 0.6) is 0 Å². The predicted octanol–water partition coefficient (Wildman–Crippen LogP) is 3.86. The number of aromatic nitrogens is 1. The van der Waals surface area contributed by atoms with Gasteiger partial charge in [-0.1, -0.05) is 29.8 Å². The zero-order chi connectivity index (χ0) is 21.8. The van der Waals surface area contributed by atoms with Crippen LogP contribution in [0.4, 0.5) is 0 Å². The number of carbonyl (C=O) groups is 1. The van der Waals surface area contributed by atoms with E-state index < -0.39 is 5.91 Å². The van der Waals surface area contributed by atoms with E-state index in [0.717, 1.165) is 36.9 Å². The van der Waals surface area contributed by atoms with E-state index in [2.05, 4.69) is 34.3 Å². The summed E-state index contributed by atoms with van der Waals surface area (Å²) < 4.78 is 0. The first-order chi connectivity index (χ1) is 15.1. The van der Waals surface area contributed by atoms with Gasteiger partial charge in [0.05, 0.1) is 6.61 Å². The van der Waals surface area contributed by atoms with Gasteiger partial charge in [-0.2, -0.15) is 0 Å². The molecule has 1 aromatic heterocycles. The first kappa shape index (κ1) is 21.6. The summed E-state index contributed by atoms with van der Waals surface area (Å²) in [6.07, 6.45) is 7.69. The van der Waals surface area contributed by atoms with E-state index >= 15 is 0 Å². The molecule has 7 heteroatoms. The van der Waals surface area contributed by atoms with Crippen LogP contribution in [0.15, 0.2) is 48.7 Å². The van der Waals surface area contributed by atoms with Gasteiger partial charge in [0.15, 0.2) is 0 Å². The van der Waals surface area contributed by atoms with Crippen LogP contribution >= 0.6 is 11.6 Å². The molecule has 2 aromatic carbocycles. The van der Waals surface area contributed by atoms with E-state index in [0.29, 0.717) is 11.6 Å². The summed E-state index contributed by atoms with van der Waals surface area (Å²) in [6.45, 7) is 1.54. The number of aromatic amines is 1. The molecule has 1 unspecified atom stereocenters. The van der Waals surface area contributed by atoms with Crippen molar-refractivity contribution in [3.63, 3.8) is 0 Å². The van der Waals surface area contributed by atoms with Crippen LogP contribution < -0.4 is 5.48 Å². The Labute approximate surface area is 186 Å². The highest BCUT2D eigenvalue weighted by Gasteiger charge is 2.28. The molecule has 1 amide bonds. The maximum atomic E-state index is 11.3. The molecule has 4 N–H and O–H groups in total. The van der Waals surface area contributed by atoms with Crippen LogP contribution in [0.2, 0.25) is 5.02 Å². The molecule has 0 saturated carbocycles. The maximum absolute atomic E-state index is 11.3. The quantitative estimate of drug-likeness (QED) is 0.244. The SMILES string of the molecule is O=C(/C=C/c1cc2c(cc1Cl)C(N(CCO)CCc1c[nH]c3ccccc13)CC2)NO. The van der Waals surface area contributed by atoms with E-state index in [9.17, 15) is 9.90 Å². The van der Waals surface area contributed by atoms with Gasteiger partial charge in [0, 0.05) is 47.3 Å². The number of para-hydroxylation sites is 1. The molecule has 0 saturated heterocycles.